The molecule has 2 atom stereocenters. The van der Waals surface area contributed by atoms with Gasteiger partial charge in [-0.3, -0.25) is 4.57 Å². The summed E-state index contributed by atoms with van der Waals surface area (Å²) in [7, 11) is 1.38. The lowest BCUT2D eigenvalue weighted by atomic mass is 9.88. The number of fused-ring (bicyclic) bond motifs is 1. The van der Waals surface area contributed by atoms with Crippen molar-refractivity contribution in [2.75, 3.05) is 20.2 Å². The van der Waals surface area contributed by atoms with Crippen LogP contribution in [0.5, 0.6) is 5.75 Å². The van der Waals surface area contributed by atoms with Crippen molar-refractivity contribution in [1.29, 1.82) is 0 Å². The summed E-state index contributed by atoms with van der Waals surface area (Å²) in [6.07, 6.45) is 2.12. The van der Waals surface area contributed by atoms with Gasteiger partial charge in [-0.25, -0.2) is 9.59 Å². The van der Waals surface area contributed by atoms with Gasteiger partial charge in [0.1, 0.15) is 17.5 Å². The summed E-state index contributed by atoms with van der Waals surface area (Å²) in [5.74, 6) is 0.549. The van der Waals surface area contributed by atoms with Crippen molar-refractivity contribution in [3.05, 3.63) is 64.8 Å². The molecule has 7 heteroatoms. The molecule has 0 saturated carbocycles. The number of esters is 1. The van der Waals surface area contributed by atoms with E-state index in [-0.39, 0.29) is 18.0 Å². The molecule has 1 aromatic heterocycles. The number of methoxy groups -OCH3 is 1. The van der Waals surface area contributed by atoms with E-state index >= 15 is 0 Å². The summed E-state index contributed by atoms with van der Waals surface area (Å²) in [5, 5.41) is 4.36. The highest BCUT2D eigenvalue weighted by Gasteiger charge is 2.30. The predicted octanol–water partition coefficient (Wildman–Crippen LogP) is 5.35. The minimum Gasteiger partial charge on any atom is -0.489 e. The molecule has 2 aromatic carbocycles. The number of ether oxygens (including phenoxy) is 3. The number of benzene rings is 2. The molecule has 1 N–H and O–H groups in total. The second kappa shape index (κ2) is 9.74. The first kappa shape index (κ1) is 24.8. The van der Waals surface area contributed by atoms with Gasteiger partial charge in [0.2, 0.25) is 0 Å². The minimum absolute atomic E-state index is 0.0605. The van der Waals surface area contributed by atoms with Crippen molar-refractivity contribution in [2.45, 2.75) is 58.7 Å². The summed E-state index contributed by atoms with van der Waals surface area (Å²) >= 11 is 0. The summed E-state index contributed by atoms with van der Waals surface area (Å²) in [5.41, 5.74) is 3.85. The molecule has 1 aliphatic rings. The van der Waals surface area contributed by atoms with Gasteiger partial charge >= 0.3 is 12.1 Å². The zero-order valence-corrected chi connectivity index (χ0v) is 21.3. The number of nitrogens with zero attached hydrogens (tertiary/aromatic N) is 1. The Morgan fingerprint density at radius 1 is 1.06 bits per heavy atom. The molecule has 186 valence electrons. The molecule has 0 bridgehead atoms. The van der Waals surface area contributed by atoms with Crippen LogP contribution in [0.1, 0.15) is 60.2 Å². The smallest absolute Gasteiger partial charge is 0.419 e. The van der Waals surface area contributed by atoms with Gasteiger partial charge in [0, 0.05) is 24.0 Å². The van der Waals surface area contributed by atoms with Gasteiger partial charge in [-0.1, -0.05) is 18.2 Å². The largest absolute Gasteiger partial charge is 0.489 e. The SMILES string of the molecule is COC(=O)c1ccc([C@@H]2CNCC[C@H]2Oc2c(C)cc(C)c3c2ccn3C(=O)OC(C)(C)C)cc1. The zero-order valence-electron chi connectivity index (χ0n) is 21.3. The van der Waals surface area contributed by atoms with Crippen LogP contribution in [0.2, 0.25) is 0 Å². The molecule has 0 radical (unpaired) electrons. The fourth-order valence-corrected chi connectivity index (χ4v) is 4.75. The molecular weight excluding hydrogens is 444 g/mol. The molecule has 7 nitrogen and oxygen atoms in total. The molecule has 1 aliphatic heterocycles. The maximum absolute atomic E-state index is 12.9. The van der Waals surface area contributed by atoms with Crippen LogP contribution in [-0.4, -0.2) is 48.5 Å². The Hall–Kier alpha value is -3.32. The predicted molar refractivity (Wildman–Crippen MR) is 135 cm³/mol. The van der Waals surface area contributed by atoms with Gasteiger partial charge in [-0.15, -0.1) is 0 Å². The Morgan fingerprint density at radius 3 is 2.43 bits per heavy atom. The first-order valence-electron chi connectivity index (χ1n) is 12.0. The normalized spacial score (nSPS) is 18.3. The fraction of sp³-hybridized carbons (Fsp3) is 0.429. The highest BCUT2D eigenvalue weighted by atomic mass is 16.6. The zero-order chi connectivity index (χ0) is 25.3. The lowest BCUT2D eigenvalue weighted by Crippen LogP contribution is -2.41. The number of hydrogen-bond donors (Lipinski definition) is 1. The van der Waals surface area contributed by atoms with Crippen LogP contribution in [0.15, 0.2) is 42.6 Å². The lowest BCUT2D eigenvalue weighted by Gasteiger charge is -2.33. The van der Waals surface area contributed by atoms with E-state index in [2.05, 4.69) is 11.4 Å². The van der Waals surface area contributed by atoms with E-state index in [0.29, 0.717) is 5.56 Å². The van der Waals surface area contributed by atoms with E-state index in [1.54, 1.807) is 22.9 Å². The van der Waals surface area contributed by atoms with Crippen LogP contribution in [0.25, 0.3) is 10.9 Å². The average molecular weight is 479 g/mol. The molecule has 1 saturated heterocycles. The lowest BCUT2D eigenvalue weighted by molar-refractivity contribution is 0.0542. The van der Waals surface area contributed by atoms with Gasteiger partial charge in [0.15, 0.2) is 0 Å². The first-order valence-corrected chi connectivity index (χ1v) is 12.0. The Morgan fingerprint density at radius 2 is 1.77 bits per heavy atom. The molecule has 2 heterocycles. The number of aryl methyl sites for hydroxylation is 2. The quantitative estimate of drug-likeness (QED) is 0.509. The second-order valence-electron chi connectivity index (χ2n) is 10.1. The Bertz CT molecular complexity index is 1240. The van der Waals surface area contributed by atoms with Crippen molar-refractivity contribution >= 4 is 23.0 Å². The average Bonchev–Trinajstić information content (AvgIpc) is 3.26. The molecule has 4 rings (SSSR count). The third-order valence-corrected chi connectivity index (χ3v) is 6.33. The number of rotatable bonds is 4. The number of carbonyl (C=O) groups excluding carboxylic acids is 2. The highest BCUT2D eigenvalue weighted by molar-refractivity contribution is 5.96. The summed E-state index contributed by atoms with van der Waals surface area (Å²) in [6, 6.07) is 11.5. The second-order valence-corrected chi connectivity index (χ2v) is 10.1. The van der Waals surface area contributed by atoms with E-state index in [1.807, 2.05) is 52.8 Å². The van der Waals surface area contributed by atoms with Crippen molar-refractivity contribution in [3.8, 4) is 5.75 Å². The van der Waals surface area contributed by atoms with Gasteiger partial charge < -0.3 is 19.5 Å². The van der Waals surface area contributed by atoms with Crippen molar-refractivity contribution in [3.63, 3.8) is 0 Å². The van der Waals surface area contributed by atoms with Crippen LogP contribution >= 0.6 is 0 Å². The monoisotopic (exact) mass is 478 g/mol. The summed E-state index contributed by atoms with van der Waals surface area (Å²) in [6.45, 7) is 11.2. The van der Waals surface area contributed by atoms with E-state index < -0.39 is 11.7 Å². The van der Waals surface area contributed by atoms with Crippen molar-refractivity contribution in [1.82, 2.24) is 9.88 Å². The maximum Gasteiger partial charge on any atom is 0.419 e. The molecule has 35 heavy (non-hydrogen) atoms. The summed E-state index contributed by atoms with van der Waals surface area (Å²) < 4.78 is 18.7. The van der Waals surface area contributed by atoms with Crippen LogP contribution < -0.4 is 10.1 Å². The molecule has 1 fully saturated rings. The minimum atomic E-state index is -0.586. The summed E-state index contributed by atoms with van der Waals surface area (Å²) in [4.78, 5) is 24.7. The van der Waals surface area contributed by atoms with Gasteiger partial charge in [0.05, 0.1) is 18.2 Å². The number of carbonyl (C=O) groups is 2. The first-order chi connectivity index (χ1) is 16.6. The molecule has 3 aromatic rings. The van der Waals surface area contributed by atoms with Crippen LogP contribution in [0, 0.1) is 13.8 Å². The van der Waals surface area contributed by atoms with Crippen LogP contribution in [-0.2, 0) is 9.47 Å². The van der Waals surface area contributed by atoms with E-state index in [9.17, 15) is 9.59 Å². The van der Waals surface area contributed by atoms with Gasteiger partial charge in [0.25, 0.3) is 0 Å². The third-order valence-electron chi connectivity index (χ3n) is 6.33. The van der Waals surface area contributed by atoms with E-state index in [4.69, 9.17) is 14.2 Å². The third kappa shape index (κ3) is 5.20. The van der Waals surface area contributed by atoms with Crippen molar-refractivity contribution < 1.29 is 23.8 Å². The Kier molecular flexibility index (Phi) is 6.90. The van der Waals surface area contributed by atoms with Gasteiger partial charge in [-0.05, 0) is 82.5 Å². The van der Waals surface area contributed by atoms with Gasteiger partial charge in [-0.2, -0.15) is 0 Å². The number of piperidine rings is 1. The molecule has 0 aliphatic carbocycles. The molecule has 0 unspecified atom stereocenters. The maximum atomic E-state index is 12.9. The van der Waals surface area contributed by atoms with E-state index in [0.717, 1.165) is 52.9 Å². The standard InChI is InChI=1S/C28H34N2O5/c1-17-15-18(2)25(21-12-14-30(24(17)21)27(32)35-28(3,4)5)34-23-11-13-29-16-22(23)19-7-9-20(10-8-19)26(31)33-6/h7-10,12,14-15,22-23,29H,11,13,16H2,1-6H3/t22-,23+/m0/s1. The van der Waals surface area contributed by atoms with Crippen molar-refractivity contribution in [2.24, 2.45) is 0 Å². The fourth-order valence-electron chi connectivity index (χ4n) is 4.75. The number of hydrogen-bond acceptors (Lipinski definition) is 6. The number of nitrogens with one attached hydrogen (secondary N) is 1. The molecular formula is C28H34N2O5. The topological polar surface area (TPSA) is 78.8 Å². The molecule has 0 spiro atoms. The van der Waals surface area contributed by atoms with E-state index in [1.165, 1.54) is 7.11 Å². The molecule has 0 amide bonds. The van der Waals surface area contributed by atoms with Crippen LogP contribution in [0.3, 0.4) is 0 Å². The Balaban J connectivity index is 1.67. The highest BCUT2D eigenvalue weighted by Crippen LogP contribution is 2.37. The van der Waals surface area contributed by atoms with Crippen LogP contribution in [0.4, 0.5) is 4.79 Å². The Labute approximate surface area is 206 Å². The number of aromatic nitrogens is 1.